The minimum atomic E-state index is 0.0412. The number of rotatable bonds is 2. The topological polar surface area (TPSA) is 55.8 Å². The monoisotopic (exact) mass is 344 g/mol. The lowest BCUT2D eigenvalue weighted by Gasteiger charge is -2.36. The lowest BCUT2D eigenvalue weighted by Crippen LogP contribution is -2.53. The summed E-state index contributed by atoms with van der Waals surface area (Å²) in [4.78, 5) is 30.8. The maximum Gasteiger partial charge on any atom is 0.240 e. The number of likely N-dealkylation sites (N-methyl/N-ethyl adjacent to an activating group) is 2. The molecule has 4 rings (SSSR count). The molecule has 1 aromatic rings. The second-order valence-corrected chi connectivity index (χ2v) is 7.84. The Hall–Kier alpha value is -1.73. The number of carbonyl (C=O) groups excluding carboxylic acids is 1. The number of nitrogens with zero attached hydrogens (tertiary/aromatic N) is 6. The predicted octanol–water partition coefficient (Wildman–Crippen LogP) is 0.0679. The number of hydrogen-bond acceptors (Lipinski definition) is 6. The average molecular weight is 344 g/mol. The zero-order valence-corrected chi connectivity index (χ0v) is 15.4. The molecule has 3 saturated heterocycles. The summed E-state index contributed by atoms with van der Waals surface area (Å²) in [6.07, 6.45) is 4.70. The fourth-order valence-electron chi connectivity index (χ4n) is 4.46. The van der Waals surface area contributed by atoms with E-state index in [4.69, 9.17) is 0 Å². The Morgan fingerprint density at radius 2 is 1.76 bits per heavy atom. The lowest BCUT2D eigenvalue weighted by molar-refractivity contribution is -0.137. The number of aryl methyl sites for hydroxylation is 1. The van der Waals surface area contributed by atoms with Gasteiger partial charge in [0.1, 0.15) is 0 Å². The van der Waals surface area contributed by atoms with Crippen molar-refractivity contribution in [2.24, 2.45) is 5.92 Å². The molecule has 0 aromatic carbocycles. The zero-order valence-electron chi connectivity index (χ0n) is 15.4. The van der Waals surface area contributed by atoms with Gasteiger partial charge in [0.25, 0.3) is 0 Å². The average Bonchev–Trinajstić information content (AvgIpc) is 3.15. The van der Waals surface area contributed by atoms with Gasteiger partial charge in [0.05, 0.1) is 6.04 Å². The highest BCUT2D eigenvalue weighted by Crippen LogP contribution is 2.36. The summed E-state index contributed by atoms with van der Waals surface area (Å²) >= 11 is 0. The Labute approximate surface area is 149 Å². The van der Waals surface area contributed by atoms with Gasteiger partial charge in [-0.2, -0.15) is 0 Å². The van der Waals surface area contributed by atoms with Gasteiger partial charge in [-0.1, -0.05) is 0 Å². The van der Waals surface area contributed by atoms with Crippen molar-refractivity contribution >= 4 is 11.9 Å². The summed E-state index contributed by atoms with van der Waals surface area (Å²) in [6.45, 7) is 7.55. The standard InChI is InChI=1S/C18H28N6O/c1-13-9-19-18(20-10-13)24-11-14-8-15(22(3)16(14)12-24)17(25)23-6-4-21(2)5-7-23/h9-10,14-16H,4-8,11-12H2,1-3H3/t14-,15-,16+/m1/s1. The van der Waals surface area contributed by atoms with E-state index in [1.54, 1.807) is 0 Å². The molecular weight excluding hydrogens is 316 g/mol. The molecule has 7 nitrogen and oxygen atoms in total. The van der Waals surface area contributed by atoms with Crippen LogP contribution in [0.3, 0.4) is 0 Å². The molecule has 0 spiro atoms. The fraction of sp³-hybridized carbons (Fsp3) is 0.722. The van der Waals surface area contributed by atoms with Crippen molar-refractivity contribution in [1.82, 2.24) is 24.7 Å². The predicted molar refractivity (Wildman–Crippen MR) is 96.5 cm³/mol. The Bertz CT molecular complexity index is 627. The number of aromatic nitrogens is 2. The van der Waals surface area contributed by atoms with Gasteiger partial charge in [-0.05, 0) is 38.9 Å². The van der Waals surface area contributed by atoms with Crippen LogP contribution in [0.1, 0.15) is 12.0 Å². The van der Waals surface area contributed by atoms with Crippen LogP contribution in [-0.2, 0) is 4.79 Å². The molecule has 0 bridgehead atoms. The largest absolute Gasteiger partial charge is 0.339 e. The summed E-state index contributed by atoms with van der Waals surface area (Å²) in [5.74, 6) is 1.66. The van der Waals surface area contributed by atoms with E-state index in [1.807, 2.05) is 19.3 Å². The third-order valence-corrected chi connectivity index (χ3v) is 6.10. The van der Waals surface area contributed by atoms with Gasteiger partial charge in [0, 0.05) is 57.7 Å². The van der Waals surface area contributed by atoms with Crippen LogP contribution < -0.4 is 4.90 Å². The Balaban J connectivity index is 1.39. The quantitative estimate of drug-likeness (QED) is 0.757. The first-order chi connectivity index (χ1) is 12.0. The molecule has 7 heteroatoms. The van der Waals surface area contributed by atoms with Crippen LogP contribution >= 0.6 is 0 Å². The molecule has 3 atom stereocenters. The van der Waals surface area contributed by atoms with Crippen LogP contribution in [0, 0.1) is 12.8 Å². The second-order valence-electron chi connectivity index (χ2n) is 7.84. The van der Waals surface area contributed by atoms with Gasteiger partial charge in [-0.3, -0.25) is 9.69 Å². The molecule has 0 radical (unpaired) electrons. The van der Waals surface area contributed by atoms with Crippen LogP contribution in [0.25, 0.3) is 0 Å². The third kappa shape index (κ3) is 3.11. The summed E-state index contributed by atoms with van der Waals surface area (Å²) < 4.78 is 0. The number of anilines is 1. The Morgan fingerprint density at radius 3 is 2.40 bits per heavy atom. The fourth-order valence-corrected chi connectivity index (χ4v) is 4.46. The van der Waals surface area contributed by atoms with Crippen molar-refractivity contribution in [3.05, 3.63) is 18.0 Å². The van der Waals surface area contributed by atoms with Crippen LogP contribution in [0.15, 0.2) is 12.4 Å². The molecule has 0 unspecified atom stereocenters. The highest BCUT2D eigenvalue weighted by atomic mass is 16.2. The molecule has 3 aliphatic heterocycles. The van der Waals surface area contributed by atoms with E-state index >= 15 is 0 Å². The van der Waals surface area contributed by atoms with Crippen LogP contribution in [0.5, 0.6) is 0 Å². The highest BCUT2D eigenvalue weighted by Gasteiger charge is 2.48. The van der Waals surface area contributed by atoms with Gasteiger partial charge in [-0.25, -0.2) is 9.97 Å². The zero-order chi connectivity index (χ0) is 17.6. The lowest BCUT2D eigenvalue weighted by atomic mass is 10.0. The first-order valence-electron chi connectivity index (χ1n) is 9.26. The molecule has 3 fully saturated rings. The Kier molecular flexibility index (Phi) is 4.37. The van der Waals surface area contributed by atoms with E-state index in [9.17, 15) is 4.79 Å². The van der Waals surface area contributed by atoms with Crippen LogP contribution in [0.2, 0.25) is 0 Å². The van der Waals surface area contributed by atoms with E-state index in [0.29, 0.717) is 17.9 Å². The normalized spacial score (nSPS) is 30.8. The molecule has 4 heterocycles. The van der Waals surface area contributed by atoms with Crippen molar-refractivity contribution in [1.29, 1.82) is 0 Å². The summed E-state index contributed by atoms with van der Waals surface area (Å²) in [7, 11) is 4.23. The first kappa shape index (κ1) is 16.7. The number of likely N-dealkylation sites (tertiary alicyclic amines) is 1. The number of piperazine rings is 1. The van der Waals surface area contributed by atoms with Crippen molar-refractivity contribution in [3.63, 3.8) is 0 Å². The van der Waals surface area contributed by atoms with E-state index in [1.165, 1.54) is 0 Å². The number of fused-ring (bicyclic) bond motifs is 1. The van der Waals surface area contributed by atoms with Crippen molar-refractivity contribution < 1.29 is 4.79 Å². The molecule has 25 heavy (non-hydrogen) atoms. The molecule has 1 amide bonds. The summed E-state index contributed by atoms with van der Waals surface area (Å²) in [5.41, 5.74) is 1.08. The smallest absolute Gasteiger partial charge is 0.240 e. The van der Waals surface area contributed by atoms with Crippen molar-refractivity contribution in [2.75, 3.05) is 58.3 Å². The van der Waals surface area contributed by atoms with E-state index < -0.39 is 0 Å². The number of hydrogen-bond donors (Lipinski definition) is 0. The second kappa shape index (κ2) is 6.53. The molecule has 1 aromatic heterocycles. The molecule has 0 aliphatic carbocycles. The summed E-state index contributed by atoms with van der Waals surface area (Å²) in [6, 6.07) is 0.464. The van der Waals surface area contributed by atoms with Gasteiger partial charge in [0.15, 0.2) is 0 Å². The van der Waals surface area contributed by atoms with Gasteiger partial charge in [0.2, 0.25) is 11.9 Å². The van der Waals surface area contributed by atoms with Crippen molar-refractivity contribution in [3.8, 4) is 0 Å². The van der Waals surface area contributed by atoms with Crippen molar-refractivity contribution in [2.45, 2.75) is 25.4 Å². The van der Waals surface area contributed by atoms with Gasteiger partial charge in [-0.15, -0.1) is 0 Å². The first-order valence-corrected chi connectivity index (χ1v) is 9.26. The van der Waals surface area contributed by atoms with Gasteiger partial charge < -0.3 is 14.7 Å². The van der Waals surface area contributed by atoms with Crippen LogP contribution in [-0.4, -0.2) is 96.0 Å². The maximum absolute atomic E-state index is 13.0. The van der Waals surface area contributed by atoms with Crippen LogP contribution in [0.4, 0.5) is 5.95 Å². The number of amides is 1. The number of carbonyl (C=O) groups is 1. The third-order valence-electron chi connectivity index (χ3n) is 6.10. The van der Waals surface area contributed by atoms with E-state index in [0.717, 1.165) is 57.2 Å². The summed E-state index contributed by atoms with van der Waals surface area (Å²) in [5, 5.41) is 0. The molecule has 136 valence electrons. The molecule has 0 N–H and O–H groups in total. The molecule has 0 saturated carbocycles. The highest BCUT2D eigenvalue weighted by molar-refractivity contribution is 5.82. The minimum Gasteiger partial charge on any atom is -0.339 e. The Morgan fingerprint density at radius 1 is 1.08 bits per heavy atom. The van der Waals surface area contributed by atoms with E-state index in [2.05, 4.69) is 43.7 Å². The van der Waals surface area contributed by atoms with E-state index in [-0.39, 0.29) is 6.04 Å². The molecule has 3 aliphatic rings. The SMILES string of the molecule is Cc1cnc(N2C[C@H]3C[C@H](C(=O)N4CCN(C)CC4)N(C)[C@H]3C2)nc1. The maximum atomic E-state index is 13.0. The van der Waals surface area contributed by atoms with Gasteiger partial charge >= 0.3 is 0 Å². The minimum absolute atomic E-state index is 0.0412. The molecular formula is C18H28N6O.